The van der Waals surface area contributed by atoms with E-state index in [4.69, 9.17) is 4.18 Å². The lowest BCUT2D eigenvalue weighted by Crippen LogP contribution is -2.11. The molecule has 0 saturated carbocycles. The molecular formula is C23H22N2O3S2. The van der Waals surface area contributed by atoms with Gasteiger partial charge in [-0.25, -0.2) is 4.98 Å². The number of anilines is 1. The third-order valence-corrected chi connectivity index (χ3v) is 6.99. The maximum atomic E-state index is 12.2. The molecule has 4 aromatic rings. The first-order chi connectivity index (χ1) is 14.5. The maximum Gasteiger partial charge on any atom is 0.296 e. The van der Waals surface area contributed by atoms with Gasteiger partial charge in [0.1, 0.15) is 5.01 Å². The van der Waals surface area contributed by atoms with Crippen LogP contribution in [0.1, 0.15) is 12.0 Å². The van der Waals surface area contributed by atoms with Crippen molar-refractivity contribution in [2.24, 2.45) is 0 Å². The molecule has 1 aromatic heterocycles. The van der Waals surface area contributed by atoms with Gasteiger partial charge in [-0.15, -0.1) is 11.3 Å². The van der Waals surface area contributed by atoms with E-state index in [0.717, 1.165) is 27.3 Å². The normalized spacial score (nSPS) is 11.6. The summed E-state index contributed by atoms with van der Waals surface area (Å²) >= 11 is 1.68. The summed E-state index contributed by atoms with van der Waals surface area (Å²) in [5.41, 5.74) is 3.95. The summed E-state index contributed by atoms with van der Waals surface area (Å²) < 4.78 is 30.7. The summed E-state index contributed by atoms with van der Waals surface area (Å²) in [5, 5.41) is 4.29. The minimum atomic E-state index is -3.71. The molecule has 154 valence electrons. The molecule has 1 N–H and O–H groups in total. The van der Waals surface area contributed by atoms with Crippen LogP contribution in [-0.2, 0) is 14.3 Å². The van der Waals surface area contributed by atoms with E-state index in [9.17, 15) is 8.42 Å². The lowest BCUT2D eigenvalue weighted by molar-refractivity contribution is 0.316. The van der Waals surface area contributed by atoms with Crippen LogP contribution < -0.4 is 5.32 Å². The Morgan fingerprint density at radius 3 is 2.57 bits per heavy atom. The van der Waals surface area contributed by atoms with Gasteiger partial charge in [-0.05, 0) is 67.4 Å². The van der Waals surface area contributed by atoms with Crippen molar-refractivity contribution in [3.8, 4) is 10.6 Å². The first-order valence-corrected chi connectivity index (χ1v) is 11.9. The van der Waals surface area contributed by atoms with Gasteiger partial charge in [-0.1, -0.05) is 24.3 Å². The van der Waals surface area contributed by atoms with Crippen LogP contribution in [0.25, 0.3) is 20.8 Å². The van der Waals surface area contributed by atoms with Gasteiger partial charge in [0.2, 0.25) is 0 Å². The molecule has 7 heteroatoms. The molecule has 1 heterocycles. The summed E-state index contributed by atoms with van der Waals surface area (Å²) in [6.45, 7) is 2.60. The summed E-state index contributed by atoms with van der Waals surface area (Å²) in [7, 11) is -3.71. The highest BCUT2D eigenvalue weighted by Gasteiger charge is 2.14. The van der Waals surface area contributed by atoms with Crippen LogP contribution in [0.2, 0.25) is 0 Å². The lowest BCUT2D eigenvalue weighted by Gasteiger charge is -2.08. The average molecular weight is 439 g/mol. The van der Waals surface area contributed by atoms with Crippen LogP contribution in [0.4, 0.5) is 5.69 Å². The highest BCUT2D eigenvalue weighted by atomic mass is 32.2. The van der Waals surface area contributed by atoms with E-state index in [1.54, 1.807) is 29.5 Å². The molecule has 0 radical (unpaired) electrons. The van der Waals surface area contributed by atoms with Gasteiger partial charge >= 0.3 is 0 Å². The Kier molecular flexibility index (Phi) is 6.13. The molecule has 5 nitrogen and oxygen atoms in total. The second-order valence-electron chi connectivity index (χ2n) is 6.94. The van der Waals surface area contributed by atoms with Crippen LogP contribution in [0, 0.1) is 6.92 Å². The molecule has 0 aliphatic rings. The monoisotopic (exact) mass is 438 g/mol. The zero-order valence-corrected chi connectivity index (χ0v) is 18.2. The fraction of sp³-hybridized carbons (Fsp3) is 0.174. The quantitative estimate of drug-likeness (QED) is 0.291. The molecule has 0 aliphatic carbocycles. The van der Waals surface area contributed by atoms with Crippen molar-refractivity contribution in [3.63, 3.8) is 0 Å². The van der Waals surface area contributed by atoms with Crippen molar-refractivity contribution in [2.75, 3.05) is 18.5 Å². The van der Waals surface area contributed by atoms with Gasteiger partial charge in [0.05, 0.1) is 21.7 Å². The number of fused-ring (bicyclic) bond motifs is 1. The Bertz CT molecular complexity index is 1220. The van der Waals surface area contributed by atoms with Crippen molar-refractivity contribution in [1.29, 1.82) is 0 Å². The first kappa shape index (κ1) is 20.5. The zero-order valence-electron chi connectivity index (χ0n) is 16.5. The van der Waals surface area contributed by atoms with E-state index in [0.29, 0.717) is 13.0 Å². The van der Waals surface area contributed by atoms with Gasteiger partial charge in [0.15, 0.2) is 0 Å². The molecule has 0 unspecified atom stereocenters. The van der Waals surface area contributed by atoms with E-state index in [2.05, 4.69) is 16.4 Å². The van der Waals surface area contributed by atoms with Crippen LogP contribution >= 0.6 is 11.3 Å². The molecule has 3 aromatic carbocycles. The number of thiazole rings is 1. The fourth-order valence-corrected chi connectivity index (χ4v) is 5.06. The number of nitrogens with zero attached hydrogens (tertiary/aromatic N) is 1. The standard InChI is InChI=1S/C23H22N2O3S2/c1-17-6-4-7-20(16-17)30(26,27)28-15-5-14-24-19-12-10-18(11-13-19)23-25-21-8-2-3-9-22(21)29-23/h2-4,6-13,16,24H,5,14-15H2,1H3. The Morgan fingerprint density at radius 2 is 1.80 bits per heavy atom. The minimum Gasteiger partial charge on any atom is -0.385 e. The number of aryl methyl sites for hydroxylation is 1. The average Bonchev–Trinajstić information content (AvgIpc) is 3.18. The van der Waals surface area contributed by atoms with Crippen molar-refractivity contribution in [3.05, 3.63) is 78.4 Å². The Morgan fingerprint density at radius 1 is 1.00 bits per heavy atom. The van der Waals surface area contributed by atoms with Crippen LogP contribution in [-0.4, -0.2) is 26.6 Å². The van der Waals surface area contributed by atoms with Gasteiger partial charge in [0.25, 0.3) is 10.1 Å². The van der Waals surface area contributed by atoms with E-state index < -0.39 is 10.1 Å². The second kappa shape index (κ2) is 8.95. The summed E-state index contributed by atoms with van der Waals surface area (Å²) in [6, 6.07) is 22.9. The first-order valence-electron chi connectivity index (χ1n) is 9.67. The Labute approximate surface area is 180 Å². The minimum absolute atomic E-state index is 0.132. The number of hydrogen-bond acceptors (Lipinski definition) is 6. The van der Waals surface area contributed by atoms with E-state index >= 15 is 0 Å². The van der Waals surface area contributed by atoms with Crippen molar-refractivity contribution >= 4 is 37.4 Å². The molecule has 0 amide bonds. The summed E-state index contributed by atoms with van der Waals surface area (Å²) in [5.74, 6) is 0. The van der Waals surface area contributed by atoms with Gasteiger partial charge < -0.3 is 5.32 Å². The lowest BCUT2D eigenvalue weighted by atomic mass is 10.2. The molecule has 4 rings (SSSR count). The predicted octanol–water partition coefficient (Wildman–Crippen LogP) is 5.48. The molecule has 30 heavy (non-hydrogen) atoms. The van der Waals surface area contributed by atoms with Crippen LogP contribution in [0.15, 0.2) is 77.7 Å². The van der Waals surface area contributed by atoms with Crippen molar-refractivity contribution in [1.82, 2.24) is 4.98 Å². The Balaban J connectivity index is 1.27. The van der Waals surface area contributed by atoms with E-state index in [1.165, 1.54) is 4.70 Å². The number of aromatic nitrogens is 1. The third kappa shape index (κ3) is 4.87. The summed E-state index contributed by atoms with van der Waals surface area (Å²) in [6.07, 6.45) is 0.574. The van der Waals surface area contributed by atoms with Crippen LogP contribution in [0.5, 0.6) is 0 Å². The number of nitrogens with one attached hydrogen (secondary N) is 1. The van der Waals surface area contributed by atoms with Crippen LogP contribution in [0.3, 0.4) is 0 Å². The largest absolute Gasteiger partial charge is 0.385 e. The van der Waals surface area contributed by atoms with Gasteiger partial charge in [-0.3, -0.25) is 4.18 Å². The van der Waals surface area contributed by atoms with E-state index in [-0.39, 0.29) is 11.5 Å². The number of benzene rings is 3. The van der Waals surface area contributed by atoms with Gasteiger partial charge in [0, 0.05) is 17.8 Å². The van der Waals surface area contributed by atoms with Crippen molar-refractivity contribution < 1.29 is 12.6 Å². The molecule has 0 aliphatic heterocycles. The SMILES string of the molecule is Cc1cccc(S(=O)(=O)OCCCNc2ccc(-c3nc4ccccc4s3)cc2)c1. The predicted molar refractivity (Wildman–Crippen MR) is 122 cm³/mol. The van der Waals surface area contributed by atoms with E-state index in [1.807, 2.05) is 55.5 Å². The third-order valence-electron chi connectivity index (χ3n) is 4.59. The molecule has 0 bridgehead atoms. The molecule has 0 saturated heterocycles. The van der Waals surface area contributed by atoms with Crippen molar-refractivity contribution in [2.45, 2.75) is 18.2 Å². The number of para-hydroxylation sites is 1. The smallest absolute Gasteiger partial charge is 0.296 e. The molecule has 0 fully saturated rings. The topological polar surface area (TPSA) is 68.3 Å². The second-order valence-corrected chi connectivity index (χ2v) is 9.58. The molecule has 0 atom stereocenters. The fourth-order valence-electron chi connectivity index (χ4n) is 3.04. The number of rotatable bonds is 8. The highest BCUT2D eigenvalue weighted by molar-refractivity contribution is 7.86. The number of hydrogen-bond donors (Lipinski definition) is 1. The summed E-state index contributed by atoms with van der Waals surface area (Å²) in [4.78, 5) is 4.87. The highest BCUT2D eigenvalue weighted by Crippen LogP contribution is 2.30. The molecular weight excluding hydrogens is 416 g/mol. The molecule has 0 spiro atoms. The Hall–Kier alpha value is -2.74. The zero-order chi connectivity index (χ0) is 21.0. The van der Waals surface area contributed by atoms with Gasteiger partial charge in [-0.2, -0.15) is 8.42 Å². The maximum absolute atomic E-state index is 12.2.